The van der Waals surface area contributed by atoms with Crippen LogP contribution in [0.1, 0.15) is 22.3 Å². The van der Waals surface area contributed by atoms with E-state index in [0.717, 1.165) is 11.0 Å². The van der Waals surface area contributed by atoms with Gasteiger partial charge in [0, 0.05) is 23.2 Å². The predicted molar refractivity (Wildman–Crippen MR) is 143 cm³/mol. The summed E-state index contributed by atoms with van der Waals surface area (Å²) in [6.45, 7) is -0.0673. The van der Waals surface area contributed by atoms with E-state index in [2.05, 4.69) is 0 Å². The van der Waals surface area contributed by atoms with Crippen LogP contribution in [-0.4, -0.2) is 48.5 Å². The summed E-state index contributed by atoms with van der Waals surface area (Å²) in [4.78, 5) is 52.7. The van der Waals surface area contributed by atoms with Gasteiger partial charge in [0.2, 0.25) is 15.9 Å². The zero-order valence-electron chi connectivity index (χ0n) is 20.0. The van der Waals surface area contributed by atoms with Gasteiger partial charge in [0.15, 0.2) is 0 Å². The summed E-state index contributed by atoms with van der Waals surface area (Å²) in [7, 11) is -3.90. The van der Waals surface area contributed by atoms with Gasteiger partial charge in [0.05, 0.1) is 21.9 Å². The molecule has 4 rings (SSSR count). The minimum Gasteiger partial charge on any atom is -0.326 e. The number of carbonyl (C=O) groups is 3. The van der Waals surface area contributed by atoms with Crippen LogP contribution in [0.2, 0.25) is 10.0 Å². The molecule has 3 aromatic carbocycles. The maximum absolute atomic E-state index is 13.6. The maximum Gasteiger partial charge on any atom is 0.288 e. The lowest BCUT2D eigenvalue weighted by atomic mass is 10.1. The molecule has 14 heteroatoms. The van der Waals surface area contributed by atoms with Crippen molar-refractivity contribution in [3.05, 3.63) is 98.0 Å². The maximum atomic E-state index is 13.6. The number of nitro benzene ring substituents is 1. The highest BCUT2D eigenvalue weighted by Crippen LogP contribution is 2.30. The second-order valence-electron chi connectivity index (χ2n) is 8.62. The van der Waals surface area contributed by atoms with Crippen LogP contribution in [0.5, 0.6) is 0 Å². The number of anilines is 1. The van der Waals surface area contributed by atoms with Crippen molar-refractivity contribution in [1.82, 2.24) is 4.90 Å². The Hall–Kier alpha value is -3.84. The predicted octanol–water partition coefficient (Wildman–Crippen LogP) is 3.57. The van der Waals surface area contributed by atoms with E-state index in [-0.39, 0.29) is 40.6 Å². The number of halogens is 2. The Morgan fingerprint density at radius 1 is 1.05 bits per heavy atom. The molecule has 1 aliphatic heterocycles. The molecule has 11 nitrogen and oxygen atoms in total. The van der Waals surface area contributed by atoms with Gasteiger partial charge in [-0.1, -0.05) is 35.3 Å². The summed E-state index contributed by atoms with van der Waals surface area (Å²) < 4.78 is 23.1. The van der Waals surface area contributed by atoms with Crippen molar-refractivity contribution < 1.29 is 27.7 Å². The molecule has 1 fully saturated rings. The average Bonchev–Trinajstić information content (AvgIpc) is 3.17. The Bertz CT molecular complexity index is 1580. The van der Waals surface area contributed by atoms with Crippen molar-refractivity contribution in [2.45, 2.75) is 23.8 Å². The minimum absolute atomic E-state index is 0.0673. The van der Waals surface area contributed by atoms with E-state index in [4.69, 9.17) is 28.3 Å². The van der Waals surface area contributed by atoms with E-state index >= 15 is 0 Å². The number of sulfonamides is 1. The third-order valence-electron chi connectivity index (χ3n) is 6.13. The van der Waals surface area contributed by atoms with E-state index in [1.54, 1.807) is 0 Å². The first-order valence-electron chi connectivity index (χ1n) is 11.4. The number of carbonyl (C=O) groups excluding carboxylic acids is 3. The van der Waals surface area contributed by atoms with Crippen LogP contribution >= 0.6 is 23.2 Å². The molecule has 2 N–H and O–H groups in total. The van der Waals surface area contributed by atoms with E-state index in [1.807, 2.05) is 0 Å². The highest BCUT2D eigenvalue weighted by atomic mass is 35.5. The van der Waals surface area contributed by atoms with Crippen LogP contribution in [0.15, 0.2) is 71.6 Å². The minimum atomic E-state index is -3.90. The van der Waals surface area contributed by atoms with Crippen molar-refractivity contribution in [3.63, 3.8) is 0 Å². The Morgan fingerprint density at radius 3 is 2.28 bits per heavy atom. The largest absolute Gasteiger partial charge is 0.326 e. The van der Waals surface area contributed by atoms with Crippen LogP contribution in [0, 0.1) is 10.1 Å². The van der Waals surface area contributed by atoms with Gasteiger partial charge in [-0.05, 0) is 60.5 Å². The van der Waals surface area contributed by atoms with Crippen LogP contribution in [0.4, 0.5) is 11.4 Å². The summed E-state index contributed by atoms with van der Waals surface area (Å²) in [5.74, 6) is -1.91. The zero-order valence-corrected chi connectivity index (χ0v) is 22.3. The van der Waals surface area contributed by atoms with E-state index in [0.29, 0.717) is 10.6 Å². The van der Waals surface area contributed by atoms with Gasteiger partial charge in [-0.15, -0.1) is 0 Å². The van der Waals surface area contributed by atoms with Gasteiger partial charge in [-0.25, -0.2) is 18.5 Å². The van der Waals surface area contributed by atoms with Crippen LogP contribution in [-0.2, 0) is 26.0 Å². The Balaban J connectivity index is 1.67. The molecule has 0 saturated carbocycles. The van der Waals surface area contributed by atoms with E-state index in [1.165, 1.54) is 65.6 Å². The molecule has 1 saturated heterocycles. The zero-order chi connectivity index (χ0) is 28.5. The summed E-state index contributed by atoms with van der Waals surface area (Å²) in [5, 5.41) is 16.8. The quantitative estimate of drug-likeness (QED) is 0.238. The smallest absolute Gasteiger partial charge is 0.288 e. The number of rotatable bonds is 8. The van der Waals surface area contributed by atoms with Crippen LogP contribution in [0.3, 0.4) is 0 Å². The molecule has 3 amide bonds. The summed E-state index contributed by atoms with van der Waals surface area (Å²) in [6.07, 6.45) is -0.140. The number of nitrogens with two attached hydrogens (primary N) is 1. The molecule has 1 aliphatic rings. The number of amides is 3. The molecule has 0 spiro atoms. The first-order chi connectivity index (χ1) is 18.4. The lowest BCUT2D eigenvalue weighted by Gasteiger charge is -2.28. The topological polar surface area (TPSA) is 161 Å². The number of nitro groups is 1. The van der Waals surface area contributed by atoms with Crippen molar-refractivity contribution in [2.24, 2.45) is 5.14 Å². The van der Waals surface area contributed by atoms with E-state index in [9.17, 15) is 32.9 Å². The summed E-state index contributed by atoms with van der Waals surface area (Å²) in [5.41, 5.74) is 0.317. The number of primary sulfonamides is 1. The Labute approximate surface area is 232 Å². The second kappa shape index (κ2) is 11.1. The Morgan fingerprint density at radius 2 is 1.69 bits per heavy atom. The number of hydrogen-bond acceptors (Lipinski definition) is 7. The molecular weight excluding hydrogens is 571 g/mol. The molecule has 1 atom stereocenters. The molecule has 202 valence electrons. The fourth-order valence-electron chi connectivity index (χ4n) is 4.17. The molecule has 39 heavy (non-hydrogen) atoms. The van der Waals surface area contributed by atoms with Crippen molar-refractivity contribution in [2.75, 3.05) is 11.4 Å². The van der Waals surface area contributed by atoms with Gasteiger partial charge in [-0.2, -0.15) is 0 Å². The van der Waals surface area contributed by atoms with E-state index < -0.39 is 44.4 Å². The average molecular weight is 591 g/mol. The van der Waals surface area contributed by atoms with Crippen molar-refractivity contribution in [1.29, 1.82) is 0 Å². The molecule has 0 radical (unpaired) electrons. The first-order valence-corrected chi connectivity index (χ1v) is 13.7. The third-order valence-corrected chi connectivity index (χ3v) is 7.63. The lowest BCUT2D eigenvalue weighted by molar-refractivity contribution is -0.384. The standard InChI is InChI=1S/C25H20Cl2N4O7S/c26-17-4-6-18(7-5-17)30-23(32)14-22(25(30)34)29(12-11-15-1-8-19(9-2-15)39(28,37)38)24(33)16-3-10-20(27)21(13-16)31(35)36/h1-10,13,22H,11-12,14H2,(H2,28,37,38). The normalized spacial score (nSPS) is 15.5. The number of benzene rings is 3. The number of hydrogen-bond donors (Lipinski definition) is 1. The molecular formula is C25H20Cl2N4O7S. The highest BCUT2D eigenvalue weighted by Gasteiger charge is 2.44. The molecule has 1 unspecified atom stereocenters. The van der Waals surface area contributed by atoms with Gasteiger partial charge in [-0.3, -0.25) is 24.5 Å². The van der Waals surface area contributed by atoms with Gasteiger partial charge in [0.1, 0.15) is 11.1 Å². The fourth-order valence-corrected chi connectivity index (χ4v) is 4.99. The van der Waals surface area contributed by atoms with Crippen LogP contribution < -0.4 is 10.0 Å². The molecule has 0 aliphatic carbocycles. The van der Waals surface area contributed by atoms with Crippen molar-refractivity contribution >= 4 is 62.3 Å². The fraction of sp³-hybridized carbons (Fsp3) is 0.160. The van der Waals surface area contributed by atoms with Gasteiger partial charge in [0.25, 0.3) is 17.5 Å². The SMILES string of the molecule is NS(=O)(=O)c1ccc(CCN(C(=O)c2ccc(Cl)c([N+](=O)[O-])c2)C2CC(=O)N(c3ccc(Cl)cc3)C2=O)cc1. The summed E-state index contributed by atoms with van der Waals surface area (Å²) >= 11 is 11.8. The van der Waals surface area contributed by atoms with Crippen molar-refractivity contribution in [3.8, 4) is 0 Å². The third kappa shape index (κ3) is 6.09. The Kier molecular flexibility index (Phi) is 8.02. The number of nitrogens with zero attached hydrogens (tertiary/aromatic N) is 3. The highest BCUT2D eigenvalue weighted by molar-refractivity contribution is 7.89. The monoisotopic (exact) mass is 590 g/mol. The van der Waals surface area contributed by atoms with Gasteiger partial charge >= 0.3 is 0 Å². The van der Waals surface area contributed by atoms with Crippen LogP contribution in [0.25, 0.3) is 0 Å². The second-order valence-corrected chi connectivity index (χ2v) is 11.0. The molecule has 3 aromatic rings. The van der Waals surface area contributed by atoms with Gasteiger partial charge < -0.3 is 4.90 Å². The lowest BCUT2D eigenvalue weighted by Crippen LogP contribution is -2.46. The molecule has 0 bridgehead atoms. The molecule has 1 heterocycles. The first kappa shape index (κ1) is 28.2. The summed E-state index contributed by atoms with van der Waals surface area (Å²) in [6, 6.07) is 14.0. The number of imide groups is 1. The molecule has 0 aromatic heterocycles.